The number of hydrogen-bond acceptors (Lipinski definition) is 5. The number of nitrogens with one attached hydrogen (secondary N) is 2. The van der Waals surface area contributed by atoms with Crippen LogP contribution < -0.4 is 15.4 Å². The molecule has 1 aliphatic heterocycles. The van der Waals surface area contributed by atoms with Crippen LogP contribution in [0.3, 0.4) is 0 Å². The number of anilines is 1. The average molecular weight is 345 g/mol. The summed E-state index contributed by atoms with van der Waals surface area (Å²) in [4.78, 5) is 17.0. The fourth-order valence-electron chi connectivity index (χ4n) is 3.05. The third-order valence-corrected chi connectivity index (χ3v) is 5.12. The van der Waals surface area contributed by atoms with Crippen molar-refractivity contribution in [2.75, 3.05) is 19.0 Å². The van der Waals surface area contributed by atoms with Crippen LogP contribution in [-0.2, 0) is 4.79 Å². The highest BCUT2D eigenvalue weighted by atomic mass is 32.1. The zero-order valence-electron chi connectivity index (χ0n) is 14.3. The highest BCUT2D eigenvalue weighted by Crippen LogP contribution is 2.33. The van der Waals surface area contributed by atoms with E-state index in [1.165, 1.54) is 11.3 Å². The van der Waals surface area contributed by atoms with Crippen LogP contribution in [-0.4, -0.2) is 30.6 Å². The van der Waals surface area contributed by atoms with Gasteiger partial charge >= 0.3 is 0 Å². The lowest BCUT2D eigenvalue weighted by Crippen LogP contribution is -2.40. The molecule has 2 aromatic rings. The number of hydrogen-bond donors (Lipinski definition) is 2. The summed E-state index contributed by atoms with van der Waals surface area (Å²) in [5, 5.41) is 8.94. The molecule has 0 spiro atoms. The second kappa shape index (κ2) is 7.32. The SMILES string of the molecule is COc1ccc(C)cc1-c1csc(NC(=O)[C@H]2CCN[C@@H](C)C2)n1. The molecule has 1 amide bonds. The van der Waals surface area contributed by atoms with Gasteiger partial charge in [0, 0.05) is 22.9 Å². The molecule has 2 N–H and O–H groups in total. The number of rotatable bonds is 4. The van der Waals surface area contributed by atoms with Crippen LogP contribution >= 0.6 is 11.3 Å². The first-order chi connectivity index (χ1) is 11.6. The zero-order valence-corrected chi connectivity index (χ0v) is 15.1. The number of thiazole rings is 1. The fourth-order valence-corrected chi connectivity index (χ4v) is 3.77. The van der Waals surface area contributed by atoms with E-state index in [0.717, 1.165) is 42.0 Å². The van der Waals surface area contributed by atoms with Gasteiger partial charge in [0.25, 0.3) is 0 Å². The van der Waals surface area contributed by atoms with Crippen molar-refractivity contribution in [3.63, 3.8) is 0 Å². The number of aryl methyl sites for hydroxylation is 1. The van der Waals surface area contributed by atoms with Crippen LogP contribution in [0.5, 0.6) is 5.75 Å². The number of aromatic nitrogens is 1. The average Bonchev–Trinajstić information content (AvgIpc) is 3.03. The first kappa shape index (κ1) is 16.9. The van der Waals surface area contributed by atoms with E-state index in [0.29, 0.717) is 11.2 Å². The number of nitrogens with zero attached hydrogens (tertiary/aromatic N) is 1. The lowest BCUT2D eigenvalue weighted by Gasteiger charge is -2.26. The Kier molecular flexibility index (Phi) is 5.16. The molecule has 0 aliphatic carbocycles. The Hall–Kier alpha value is -1.92. The molecule has 128 valence electrons. The minimum atomic E-state index is 0.0575. The van der Waals surface area contributed by atoms with E-state index in [-0.39, 0.29) is 11.8 Å². The maximum Gasteiger partial charge on any atom is 0.229 e. The summed E-state index contributed by atoms with van der Waals surface area (Å²) in [5.41, 5.74) is 2.92. The third-order valence-electron chi connectivity index (χ3n) is 4.36. The van der Waals surface area contributed by atoms with E-state index >= 15 is 0 Å². The standard InChI is InChI=1S/C18H23N3O2S/c1-11-4-5-16(23-3)14(8-11)15-10-24-18(20-15)21-17(22)13-6-7-19-12(2)9-13/h4-5,8,10,12-13,19H,6-7,9H2,1-3H3,(H,20,21,22)/t12-,13-/m0/s1. The maximum atomic E-state index is 12.4. The lowest BCUT2D eigenvalue weighted by molar-refractivity contribution is -0.120. The molecular formula is C18H23N3O2S. The van der Waals surface area contributed by atoms with Gasteiger partial charge in [-0.15, -0.1) is 11.3 Å². The van der Waals surface area contributed by atoms with E-state index in [9.17, 15) is 4.79 Å². The second-order valence-corrected chi connectivity index (χ2v) is 7.17. The monoisotopic (exact) mass is 345 g/mol. The molecule has 1 fully saturated rings. The topological polar surface area (TPSA) is 63.2 Å². The van der Waals surface area contributed by atoms with Gasteiger partial charge in [-0.05, 0) is 45.4 Å². The fraction of sp³-hybridized carbons (Fsp3) is 0.444. The zero-order chi connectivity index (χ0) is 17.1. The summed E-state index contributed by atoms with van der Waals surface area (Å²) in [6.07, 6.45) is 1.75. The third kappa shape index (κ3) is 3.76. The summed E-state index contributed by atoms with van der Waals surface area (Å²) < 4.78 is 5.42. The Bertz CT molecular complexity index is 729. The van der Waals surface area contributed by atoms with Crippen molar-refractivity contribution in [1.29, 1.82) is 0 Å². The van der Waals surface area contributed by atoms with Crippen molar-refractivity contribution in [3.05, 3.63) is 29.1 Å². The lowest BCUT2D eigenvalue weighted by atomic mass is 9.92. The van der Waals surface area contributed by atoms with E-state index < -0.39 is 0 Å². The number of amides is 1. The van der Waals surface area contributed by atoms with Gasteiger partial charge in [-0.2, -0.15) is 0 Å². The Morgan fingerprint density at radius 3 is 3.04 bits per heavy atom. The number of carbonyl (C=O) groups excluding carboxylic acids is 1. The molecule has 2 heterocycles. The molecule has 24 heavy (non-hydrogen) atoms. The van der Waals surface area contributed by atoms with Crippen molar-refractivity contribution >= 4 is 22.4 Å². The molecule has 2 atom stereocenters. The van der Waals surface area contributed by atoms with E-state index in [2.05, 4.69) is 22.5 Å². The first-order valence-corrected chi connectivity index (χ1v) is 9.09. The van der Waals surface area contributed by atoms with Crippen molar-refractivity contribution in [3.8, 4) is 17.0 Å². The highest BCUT2D eigenvalue weighted by molar-refractivity contribution is 7.14. The summed E-state index contributed by atoms with van der Waals surface area (Å²) >= 11 is 1.45. The number of benzene rings is 1. The molecule has 1 aromatic carbocycles. The van der Waals surface area contributed by atoms with Crippen LogP contribution in [0, 0.1) is 12.8 Å². The molecule has 1 aliphatic rings. The molecule has 6 heteroatoms. The number of methoxy groups -OCH3 is 1. The molecule has 3 rings (SSSR count). The van der Waals surface area contributed by atoms with Crippen LogP contribution in [0.25, 0.3) is 11.3 Å². The molecule has 0 saturated carbocycles. The summed E-state index contributed by atoms with van der Waals surface area (Å²) in [6, 6.07) is 6.39. The molecule has 1 saturated heterocycles. The highest BCUT2D eigenvalue weighted by Gasteiger charge is 2.25. The molecule has 0 radical (unpaired) electrons. The molecule has 5 nitrogen and oxygen atoms in total. The van der Waals surface area contributed by atoms with Crippen LogP contribution in [0.1, 0.15) is 25.3 Å². The normalized spacial score (nSPS) is 20.6. The van der Waals surface area contributed by atoms with Crippen LogP contribution in [0.2, 0.25) is 0 Å². The quantitative estimate of drug-likeness (QED) is 0.891. The molecule has 0 bridgehead atoms. The summed E-state index contributed by atoms with van der Waals surface area (Å²) in [5.74, 6) is 0.915. The van der Waals surface area contributed by atoms with Gasteiger partial charge in [0.2, 0.25) is 5.91 Å². The Balaban J connectivity index is 1.74. The van der Waals surface area contributed by atoms with Gasteiger partial charge in [0.15, 0.2) is 5.13 Å². The Morgan fingerprint density at radius 2 is 2.29 bits per heavy atom. The smallest absolute Gasteiger partial charge is 0.229 e. The van der Waals surface area contributed by atoms with Gasteiger partial charge in [-0.25, -0.2) is 4.98 Å². The second-order valence-electron chi connectivity index (χ2n) is 6.31. The van der Waals surface area contributed by atoms with Gasteiger partial charge in [-0.3, -0.25) is 4.79 Å². The number of piperidine rings is 1. The maximum absolute atomic E-state index is 12.4. The van der Waals surface area contributed by atoms with E-state index in [4.69, 9.17) is 4.74 Å². The van der Waals surface area contributed by atoms with Crippen molar-refractivity contribution in [2.45, 2.75) is 32.7 Å². The number of ether oxygens (including phenoxy) is 1. The van der Waals surface area contributed by atoms with Crippen molar-refractivity contribution < 1.29 is 9.53 Å². The molecular weight excluding hydrogens is 322 g/mol. The Morgan fingerprint density at radius 1 is 1.46 bits per heavy atom. The number of carbonyl (C=O) groups is 1. The van der Waals surface area contributed by atoms with Gasteiger partial charge in [0.1, 0.15) is 5.75 Å². The Labute approximate surface area is 146 Å². The van der Waals surface area contributed by atoms with Crippen molar-refractivity contribution in [1.82, 2.24) is 10.3 Å². The summed E-state index contributed by atoms with van der Waals surface area (Å²) in [6.45, 7) is 5.05. The van der Waals surface area contributed by atoms with Gasteiger partial charge in [-0.1, -0.05) is 11.6 Å². The predicted octanol–water partition coefficient (Wildman–Crippen LogP) is 3.45. The van der Waals surface area contributed by atoms with Gasteiger partial charge in [0.05, 0.1) is 12.8 Å². The van der Waals surface area contributed by atoms with E-state index in [1.807, 2.05) is 30.5 Å². The molecule has 1 aromatic heterocycles. The first-order valence-electron chi connectivity index (χ1n) is 8.21. The minimum absolute atomic E-state index is 0.0575. The minimum Gasteiger partial charge on any atom is -0.496 e. The summed E-state index contributed by atoms with van der Waals surface area (Å²) in [7, 11) is 1.65. The van der Waals surface area contributed by atoms with Gasteiger partial charge < -0.3 is 15.4 Å². The van der Waals surface area contributed by atoms with E-state index in [1.54, 1.807) is 7.11 Å². The van der Waals surface area contributed by atoms with Crippen molar-refractivity contribution in [2.24, 2.45) is 5.92 Å². The molecule has 0 unspecified atom stereocenters. The van der Waals surface area contributed by atoms with Crippen LogP contribution in [0.15, 0.2) is 23.6 Å². The largest absolute Gasteiger partial charge is 0.496 e. The predicted molar refractivity (Wildman–Crippen MR) is 97.7 cm³/mol. The van der Waals surface area contributed by atoms with Crippen LogP contribution in [0.4, 0.5) is 5.13 Å².